The Hall–Kier alpha value is -2.11. The molecule has 0 unspecified atom stereocenters. The summed E-state index contributed by atoms with van der Waals surface area (Å²) in [6, 6.07) is 1.71. The van der Waals surface area contributed by atoms with Crippen molar-refractivity contribution in [3.8, 4) is 0 Å². The molecule has 3 rings (SSSR count). The van der Waals surface area contributed by atoms with Gasteiger partial charge in [0.25, 0.3) is 5.91 Å². The molecular formula is C14H18N4O2. The summed E-state index contributed by atoms with van der Waals surface area (Å²) in [5, 5.41) is 8.21. The Labute approximate surface area is 117 Å². The fourth-order valence-corrected chi connectivity index (χ4v) is 2.73. The van der Waals surface area contributed by atoms with Gasteiger partial charge in [-0.05, 0) is 25.8 Å². The predicted molar refractivity (Wildman–Crippen MR) is 72.3 cm³/mol. The Kier molecular flexibility index (Phi) is 3.54. The number of nitrogens with zero attached hydrogens (tertiary/aromatic N) is 4. The summed E-state index contributed by atoms with van der Waals surface area (Å²) in [5.41, 5.74) is 0.625. The van der Waals surface area contributed by atoms with Crippen LogP contribution in [-0.4, -0.2) is 38.7 Å². The summed E-state index contributed by atoms with van der Waals surface area (Å²) in [7, 11) is 0. The lowest BCUT2D eigenvalue weighted by atomic mass is 9.95. The number of hydrogen-bond acceptors (Lipinski definition) is 4. The maximum Gasteiger partial charge on any atom is 0.257 e. The molecule has 2 aromatic rings. The molecule has 6 nitrogen and oxygen atoms in total. The molecule has 0 saturated carbocycles. The van der Waals surface area contributed by atoms with Crippen molar-refractivity contribution >= 4 is 5.91 Å². The van der Waals surface area contributed by atoms with Gasteiger partial charge >= 0.3 is 0 Å². The first kappa shape index (κ1) is 12.9. The molecule has 3 heterocycles. The summed E-state index contributed by atoms with van der Waals surface area (Å²) >= 11 is 0. The van der Waals surface area contributed by atoms with Crippen molar-refractivity contribution in [2.45, 2.75) is 32.2 Å². The molecule has 0 radical (unpaired) electrons. The Morgan fingerprint density at radius 2 is 2.25 bits per heavy atom. The summed E-state index contributed by atoms with van der Waals surface area (Å²) in [6.45, 7) is 4.48. The maximum absolute atomic E-state index is 12.2. The minimum atomic E-state index is 0.0501. The van der Waals surface area contributed by atoms with Gasteiger partial charge in [-0.15, -0.1) is 10.2 Å². The first-order valence-corrected chi connectivity index (χ1v) is 6.98. The number of likely N-dealkylation sites (tertiary alicyclic amines) is 1. The SMILES string of the molecule is CCn1cnnc1C1CCN(C(=O)c2ccoc2)CC1. The molecule has 6 heteroatoms. The number of carbonyl (C=O) groups excluding carboxylic acids is 1. The fourth-order valence-electron chi connectivity index (χ4n) is 2.73. The molecule has 0 bridgehead atoms. The predicted octanol–water partition coefficient (Wildman–Crippen LogP) is 1.91. The van der Waals surface area contributed by atoms with Crippen LogP contribution in [0.1, 0.15) is 41.9 Å². The number of hydrogen-bond donors (Lipinski definition) is 0. The van der Waals surface area contributed by atoms with Crippen LogP contribution >= 0.6 is 0 Å². The second-order valence-corrected chi connectivity index (χ2v) is 5.05. The third-order valence-electron chi connectivity index (χ3n) is 3.90. The van der Waals surface area contributed by atoms with E-state index in [2.05, 4.69) is 21.7 Å². The van der Waals surface area contributed by atoms with Gasteiger partial charge in [0.15, 0.2) is 0 Å². The van der Waals surface area contributed by atoms with Crippen molar-refractivity contribution in [2.75, 3.05) is 13.1 Å². The molecule has 0 aromatic carbocycles. The zero-order valence-corrected chi connectivity index (χ0v) is 11.5. The van der Waals surface area contributed by atoms with E-state index in [1.54, 1.807) is 12.4 Å². The molecule has 0 N–H and O–H groups in total. The van der Waals surface area contributed by atoms with Crippen molar-refractivity contribution in [3.63, 3.8) is 0 Å². The molecular weight excluding hydrogens is 256 g/mol. The van der Waals surface area contributed by atoms with Gasteiger partial charge < -0.3 is 13.9 Å². The second kappa shape index (κ2) is 5.48. The van der Waals surface area contributed by atoms with Gasteiger partial charge in [-0.2, -0.15) is 0 Å². The summed E-state index contributed by atoms with van der Waals surface area (Å²) in [5.74, 6) is 1.49. The van der Waals surface area contributed by atoms with Crippen molar-refractivity contribution in [2.24, 2.45) is 0 Å². The zero-order chi connectivity index (χ0) is 13.9. The van der Waals surface area contributed by atoms with Crippen LogP contribution in [0, 0.1) is 0 Å². The molecule has 1 aliphatic heterocycles. The average molecular weight is 274 g/mol. The van der Waals surface area contributed by atoms with Crippen molar-refractivity contribution in [1.82, 2.24) is 19.7 Å². The van der Waals surface area contributed by atoms with E-state index in [1.165, 1.54) is 12.5 Å². The van der Waals surface area contributed by atoms with Crippen LogP contribution in [-0.2, 0) is 6.54 Å². The number of aromatic nitrogens is 3. The summed E-state index contributed by atoms with van der Waals surface area (Å²) < 4.78 is 7.05. The van der Waals surface area contributed by atoms with E-state index in [1.807, 2.05) is 4.90 Å². The van der Waals surface area contributed by atoms with Crippen LogP contribution in [0.5, 0.6) is 0 Å². The summed E-state index contributed by atoms with van der Waals surface area (Å²) in [6.07, 6.45) is 6.68. The van der Waals surface area contributed by atoms with E-state index in [-0.39, 0.29) is 5.91 Å². The van der Waals surface area contributed by atoms with Gasteiger partial charge in [0, 0.05) is 25.6 Å². The van der Waals surface area contributed by atoms with Crippen LogP contribution in [0.15, 0.2) is 29.3 Å². The molecule has 1 amide bonds. The van der Waals surface area contributed by atoms with Crippen LogP contribution in [0.2, 0.25) is 0 Å². The van der Waals surface area contributed by atoms with Gasteiger partial charge in [0.1, 0.15) is 18.4 Å². The Bertz CT molecular complexity index is 568. The molecule has 1 aliphatic rings. The lowest BCUT2D eigenvalue weighted by molar-refractivity contribution is 0.0709. The fraction of sp³-hybridized carbons (Fsp3) is 0.500. The van der Waals surface area contributed by atoms with Crippen LogP contribution in [0.25, 0.3) is 0 Å². The van der Waals surface area contributed by atoms with Crippen molar-refractivity contribution in [3.05, 3.63) is 36.3 Å². The van der Waals surface area contributed by atoms with E-state index in [0.717, 1.165) is 38.3 Å². The Morgan fingerprint density at radius 1 is 1.45 bits per heavy atom. The number of amides is 1. The Balaban J connectivity index is 1.64. The van der Waals surface area contributed by atoms with E-state index in [4.69, 9.17) is 4.42 Å². The second-order valence-electron chi connectivity index (χ2n) is 5.05. The highest BCUT2D eigenvalue weighted by molar-refractivity contribution is 5.93. The molecule has 0 atom stereocenters. The lowest BCUT2D eigenvalue weighted by Gasteiger charge is -2.31. The smallest absolute Gasteiger partial charge is 0.257 e. The number of furan rings is 1. The number of aryl methyl sites for hydroxylation is 1. The van der Waals surface area contributed by atoms with Gasteiger partial charge in [-0.1, -0.05) is 0 Å². The highest BCUT2D eigenvalue weighted by atomic mass is 16.3. The standard InChI is InChI=1S/C14H18N4O2/c1-2-17-10-15-16-13(17)11-3-6-18(7-4-11)14(19)12-5-8-20-9-12/h5,8-11H,2-4,6-7H2,1H3. The molecule has 2 aromatic heterocycles. The van der Waals surface area contributed by atoms with Gasteiger partial charge in [0.2, 0.25) is 0 Å². The first-order valence-electron chi connectivity index (χ1n) is 6.98. The number of piperidine rings is 1. The average Bonchev–Trinajstić information content (AvgIpc) is 3.17. The topological polar surface area (TPSA) is 64.2 Å². The third-order valence-corrected chi connectivity index (χ3v) is 3.90. The van der Waals surface area contributed by atoms with E-state index >= 15 is 0 Å². The highest BCUT2D eigenvalue weighted by Gasteiger charge is 2.27. The number of rotatable bonds is 3. The first-order chi connectivity index (χ1) is 9.79. The normalized spacial score (nSPS) is 16.6. The summed E-state index contributed by atoms with van der Waals surface area (Å²) in [4.78, 5) is 14.1. The molecule has 106 valence electrons. The monoisotopic (exact) mass is 274 g/mol. The zero-order valence-electron chi connectivity index (χ0n) is 11.5. The molecule has 0 spiro atoms. The Morgan fingerprint density at radius 3 is 2.90 bits per heavy atom. The minimum absolute atomic E-state index is 0.0501. The largest absolute Gasteiger partial charge is 0.472 e. The molecule has 20 heavy (non-hydrogen) atoms. The number of carbonyl (C=O) groups is 1. The third kappa shape index (κ3) is 2.33. The maximum atomic E-state index is 12.2. The molecule has 1 fully saturated rings. The molecule has 0 aliphatic carbocycles. The van der Waals surface area contributed by atoms with Crippen LogP contribution in [0.3, 0.4) is 0 Å². The van der Waals surface area contributed by atoms with E-state index in [9.17, 15) is 4.79 Å². The van der Waals surface area contributed by atoms with Gasteiger partial charge in [0.05, 0.1) is 11.8 Å². The van der Waals surface area contributed by atoms with E-state index in [0.29, 0.717) is 11.5 Å². The quantitative estimate of drug-likeness (QED) is 0.857. The van der Waals surface area contributed by atoms with Gasteiger partial charge in [-0.3, -0.25) is 4.79 Å². The van der Waals surface area contributed by atoms with Crippen molar-refractivity contribution in [1.29, 1.82) is 0 Å². The lowest BCUT2D eigenvalue weighted by Crippen LogP contribution is -2.38. The van der Waals surface area contributed by atoms with Gasteiger partial charge in [-0.25, -0.2) is 0 Å². The van der Waals surface area contributed by atoms with Crippen LogP contribution in [0.4, 0.5) is 0 Å². The highest BCUT2D eigenvalue weighted by Crippen LogP contribution is 2.27. The minimum Gasteiger partial charge on any atom is -0.472 e. The van der Waals surface area contributed by atoms with Crippen molar-refractivity contribution < 1.29 is 9.21 Å². The van der Waals surface area contributed by atoms with E-state index < -0.39 is 0 Å². The van der Waals surface area contributed by atoms with Crippen LogP contribution < -0.4 is 0 Å². The molecule has 1 saturated heterocycles.